The minimum atomic E-state index is 0.284. The van der Waals surface area contributed by atoms with Crippen LogP contribution in [-0.4, -0.2) is 29.2 Å². The van der Waals surface area contributed by atoms with Crippen molar-refractivity contribution < 1.29 is 4.74 Å². The molecule has 0 radical (unpaired) electrons. The minimum absolute atomic E-state index is 0.284. The van der Waals surface area contributed by atoms with E-state index in [9.17, 15) is 0 Å². The van der Waals surface area contributed by atoms with Crippen LogP contribution in [0.1, 0.15) is 25.7 Å². The van der Waals surface area contributed by atoms with Crippen molar-refractivity contribution in [2.75, 3.05) is 12.0 Å². The zero-order chi connectivity index (χ0) is 22.1. The highest BCUT2D eigenvalue weighted by Gasteiger charge is 2.29. The molecule has 32 heavy (non-hydrogen) atoms. The number of hydrogen-bond donors (Lipinski definition) is 1. The van der Waals surface area contributed by atoms with Crippen molar-refractivity contribution in [2.45, 2.75) is 37.8 Å². The first kappa shape index (κ1) is 21.2. The Morgan fingerprint density at radius 1 is 1.06 bits per heavy atom. The SMILES string of the molecule is COc1ccc(-c2csc(N(c3ccnc4cc(Cl)ccc34)C3CCC(N)CC3)n2)cc1. The number of ether oxygens (including phenoxy) is 1. The predicted octanol–water partition coefficient (Wildman–Crippen LogP) is 6.43. The summed E-state index contributed by atoms with van der Waals surface area (Å²) in [4.78, 5) is 12.0. The average molecular weight is 465 g/mol. The predicted molar refractivity (Wildman–Crippen MR) is 133 cm³/mol. The Morgan fingerprint density at radius 3 is 2.59 bits per heavy atom. The summed E-state index contributed by atoms with van der Waals surface area (Å²) >= 11 is 7.91. The van der Waals surface area contributed by atoms with Crippen molar-refractivity contribution >= 4 is 44.7 Å². The van der Waals surface area contributed by atoms with Crippen molar-refractivity contribution in [1.82, 2.24) is 9.97 Å². The van der Waals surface area contributed by atoms with Crippen LogP contribution in [0.5, 0.6) is 5.75 Å². The third kappa shape index (κ3) is 4.18. The Balaban J connectivity index is 1.58. The van der Waals surface area contributed by atoms with Gasteiger partial charge < -0.3 is 15.4 Å². The Labute approximate surface area is 196 Å². The smallest absolute Gasteiger partial charge is 0.190 e. The van der Waals surface area contributed by atoms with Crippen LogP contribution in [0.25, 0.3) is 22.2 Å². The standard InChI is InChI=1S/C25H25ClN4OS/c1-31-20-9-2-16(3-10-20)23-15-32-25(29-23)30(19-7-5-18(27)6-8-19)24-12-13-28-22-14-17(26)4-11-21(22)24/h2-4,9-15,18-19H,5-8,27H2,1H3. The number of benzene rings is 2. The molecule has 0 atom stereocenters. The summed E-state index contributed by atoms with van der Waals surface area (Å²) in [7, 11) is 1.68. The Bertz CT molecular complexity index is 1220. The van der Waals surface area contributed by atoms with Gasteiger partial charge in [0.2, 0.25) is 0 Å². The summed E-state index contributed by atoms with van der Waals surface area (Å²) in [5, 5.41) is 4.87. The van der Waals surface area contributed by atoms with Crippen LogP contribution in [0.3, 0.4) is 0 Å². The molecule has 5 nitrogen and oxygen atoms in total. The lowest BCUT2D eigenvalue weighted by atomic mass is 9.90. The second-order valence-electron chi connectivity index (χ2n) is 8.17. The molecule has 2 heterocycles. The van der Waals surface area contributed by atoms with E-state index in [2.05, 4.69) is 27.4 Å². The molecule has 2 aromatic heterocycles. The average Bonchev–Trinajstić information content (AvgIpc) is 3.30. The van der Waals surface area contributed by atoms with Gasteiger partial charge in [-0.05, 0) is 74.2 Å². The van der Waals surface area contributed by atoms with Crippen LogP contribution < -0.4 is 15.4 Å². The number of halogens is 1. The van der Waals surface area contributed by atoms with E-state index < -0.39 is 0 Å². The van der Waals surface area contributed by atoms with Gasteiger partial charge in [-0.2, -0.15) is 0 Å². The summed E-state index contributed by atoms with van der Waals surface area (Å²) in [5.41, 5.74) is 10.3. The van der Waals surface area contributed by atoms with E-state index >= 15 is 0 Å². The second-order valence-corrected chi connectivity index (χ2v) is 9.45. The van der Waals surface area contributed by atoms with Gasteiger partial charge in [-0.3, -0.25) is 4.98 Å². The maximum atomic E-state index is 6.24. The van der Waals surface area contributed by atoms with Gasteiger partial charge in [0.05, 0.1) is 24.0 Å². The summed E-state index contributed by atoms with van der Waals surface area (Å²) < 4.78 is 5.29. The van der Waals surface area contributed by atoms with E-state index in [1.165, 1.54) is 0 Å². The second kappa shape index (κ2) is 9.06. The number of pyridine rings is 1. The molecule has 4 aromatic rings. The van der Waals surface area contributed by atoms with E-state index in [1.807, 2.05) is 42.6 Å². The van der Waals surface area contributed by atoms with Crippen LogP contribution in [0.4, 0.5) is 10.8 Å². The maximum Gasteiger partial charge on any atom is 0.190 e. The third-order valence-electron chi connectivity index (χ3n) is 6.13. The highest BCUT2D eigenvalue weighted by atomic mass is 35.5. The van der Waals surface area contributed by atoms with Gasteiger partial charge in [-0.25, -0.2) is 4.98 Å². The molecule has 0 aliphatic heterocycles. The molecule has 0 amide bonds. The van der Waals surface area contributed by atoms with E-state index in [0.29, 0.717) is 11.1 Å². The molecule has 1 aliphatic rings. The highest BCUT2D eigenvalue weighted by Crippen LogP contribution is 2.40. The molecule has 0 spiro atoms. The largest absolute Gasteiger partial charge is 0.497 e. The summed E-state index contributed by atoms with van der Waals surface area (Å²) in [6.45, 7) is 0. The first-order chi connectivity index (χ1) is 15.6. The molecular formula is C25H25ClN4OS. The number of anilines is 2. The first-order valence-electron chi connectivity index (χ1n) is 10.8. The van der Waals surface area contributed by atoms with Crippen molar-refractivity contribution in [2.24, 2.45) is 5.73 Å². The molecule has 0 bridgehead atoms. The first-order valence-corrected chi connectivity index (χ1v) is 12.1. The fourth-order valence-electron chi connectivity index (χ4n) is 4.40. The number of thiazole rings is 1. The molecule has 5 rings (SSSR count). The van der Waals surface area contributed by atoms with Gasteiger partial charge in [0.15, 0.2) is 5.13 Å². The molecule has 1 fully saturated rings. The van der Waals surface area contributed by atoms with Gasteiger partial charge in [0, 0.05) is 39.6 Å². The minimum Gasteiger partial charge on any atom is -0.497 e. The van der Waals surface area contributed by atoms with Crippen LogP contribution in [0.2, 0.25) is 5.02 Å². The van der Waals surface area contributed by atoms with Crippen LogP contribution in [0.15, 0.2) is 60.1 Å². The zero-order valence-electron chi connectivity index (χ0n) is 17.9. The molecule has 2 N–H and O–H groups in total. The van der Waals surface area contributed by atoms with Crippen molar-refractivity contribution in [3.63, 3.8) is 0 Å². The van der Waals surface area contributed by atoms with Gasteiger partial charge >= 0.3 is 0 Å². The number of hydrogen-bond acceptors (Lipinski definition) is 6. The monoisotopic (exact) mass is 464 g/mol. The molecule has 2 aromatic carbocycles. The fourth-order valence-corrected chi connectivity index (χ4v) is 5.49. The number of nitrogens with zero attached hydrogens (tertiary/aromatic N) is 3. The topological polar surface area (TPSA) is 64.3 Å². The number of aromatic nitrogens is 2. The number of fused-ring (bicyclic) bond motifs is 1. The quantitative estimate of drug-likeness (QED) is 0.368. The van der Waals surface area contributed by atoms with Gasteiger partial charge in [0.1, 0.15) is 5.75 Å². The number of rotatable bonds is 5. The molecule has 0 unspecified atom stereocenters. The molecule has 0 saturated heterocycles. The normalized spacial score (nSPS) is 18.6. The molecule has 1 saturated carbocycles. The zero-order valence-corrected chi connectivity index (χ0v) is 19.4. The van der Waals surface area contributed by atoms with Gasteiger partial charge in [-0.1, -0.05) is 11.6 Å². The van der Waals surface area contributed by atoms with Crippen molar-refractivity contribution in [3.05, 3.63) is 65.1 Å². The Kier molecular flexibility index (Phi) is 6.00. The lowest BCUT2D eigenvalue weighted by molar-refractivity contribution is 0.391. The summed E-state index contributed by atoms with van der Waals surface area (Å²) in [6.07, 6.45) is 5.97. The maximum absolute atomic E-state index is 6.24. The van der Waals surface area contributed by atoms with Gasteiger partial charge in [-0.15, -0.1) is 11.3 Å². The summed E-state index contributed by atoms with van der Waals surface area (Å²) in [5.74, 6) is 0.839. The lowest BCUT2D eigenvalue weighted by Gasteiger charge is -2.36. The van der Waals surface area contributed by atoms with Crippen LogP contribution in [-0.2, 0) is 0 Å². The van der Waals surface area contributed by atoms with Gasteiger partial charge in [0.25, 0.3) is 0 Å². The number of methoxy groups -OCH3 is 1. The molecule has 7 heteroatoms. The molecular weight excluding hydrogens is 440 g/mol. The fraction of sp³-hybridized carbons (Fsp3) is 0.280. The Morgan fingerprint density at radius 2 is 1.84 bits per heavy atom. The van der Waals surface area contributed by atoms with Crippen molar-refractivity contribution in [3.8, 4) is 17.0 Å². The van der Waals surface area contributed by atoms with E-state index in [4.69, 9.17) is 27.1 Å². The Hall–Kier alpha value is -2.67. The summed E-state index contributed by atoms with van der Waals surface area (Å²) in [6, 6.07) is 16.6. The van der Waals surface area contributed by atoms with Crippen molar-refractivity contribution in [1.29, 1.82) is 0 Å². The molecule has 1 aliphatic carbocycles. The lowest BCUT2D eigenvalue weighted by Crippen LogP contribution is -2.38. The third-order valence-corrected chi connectivity index (χ3v) is 7.21. The highest BCUT2D eigenvalue weighted by molar-refractivity contribution is 7.14. The number of nitrogens with two attached hydrogens (primary N) is 1. The molecule has 164 valence electrons. The van der Waals surface area contributed by atoms with Crippen LogP contribution in [0, 0.1) is 0 Å². The van der Waals surface area contributed by atoms with E-state index in [-0.39, 0.29) is 6.04 Å². The van der Waals surface area contributed by atoms with Crippen LogP contribution >= 0.6 is 22.9 Å². The van der Waals surface area contributed by atoms with E-state index in [1.54, 1.807) is 18.4 Å². The van der Waals surface area contributed by atoms with E-state index in [0.717, 1.165) is 64.4 Å².